The summed E-state index contributed by atoms with van der Waals surface area (Å²) >= 11 is 1.69. The molecule has 0 fully saturated rings. The standard InChI is InChI=1S/C11H13N3S/c1-6-7(2)14-11(12)10(13-6)9-4-5-15-8(9)3/h4-5H,1-3H3,(H2,12,14). The Bertz CT molecular complexity index is 503. The lowest BCUT2D eigenvalue weighted by molar-refractivity contribution is 1.06. The van der Waals surface area contributed by atoms with Crippen LogP contribution in [0.4, 0.5) is 5.82 Å². The van der Waals surface area contributed by atoms with Gasteiger partial charge in [-0.2, -0.15) is 0 Å². The average molecular weight is 219 g/mol. The highest BCUT2D eigenvalue weighted by atomic mass is 32.1. The Hall–Kier alpha value is -1.42. The fourth-order valence-electron chi connectivity index (χ4n) is 1.45. The molecule has 0 bridgehead atoms. The van der Waals surface area contributed by atoms with Crippen molar-refractivity contribution in [2.24, 2.45) is 0 Å². The highest BCUT2D eigenvalue weighted by molar-refractivity contribution is 7.10. The van der Waals surface area contributed by atoms with Crippen LogP contribution in [0.5, 0.6) is 0 Å². The Morgan fingerprint density at radius 2 is 1.80 bits per heavy atom. The normalized spacial score (nSPS) is 10.6. The lowest BCUT2D eigenvalue weighted by atomic mass is 10.2. The maximum atomic E-state index is 5.88. The summed E-state index contributed by atoms with van der Waals surface area (Å²) < 4.78 is 0. The number of anilines is 1. The van der Waals surface area contributed by atoms with Crippen molar-refractivity contribution in [2.75, 3.05) is 5.73 Å². The second-order valence-corrected chi connectivity index (χ2v) is 4.64. The van der Waals surface area contributed by atoms with Gasteiger partial charge in [0.05, 0.1) is 11.4 Å². The van der Waals surface area contributed by atoms with Crippen molar-refractivity contribution < 1.29 is 0 Å². The number of nitrogens with zero attached hydrogens (tertiary/aromatic N) is 2. The lowest BCUT2D eigenvalue weighted by Crippen LogP contribution is -2.02. The topological polar surface area (TPSA) is 51.8 Å². The van der Waals surface area contributed by atoms with Crippen LogP contribution in [0.15, 0.2) is 11.4 Å². The number of rotatable bonds is 1. The molecule has 2 N–H and O–H groups in total. The van der Waals surface area contributed by atoms with E-state index in [9.17, 15) is 0 Å². The Morgan fingerprint density at radius 3 is 2.40 bits per heavy atom. The summed E-state index contributed by atoms with van der Waals surface area (Å²) in [6.07, 6.45) is 0. The fraction of sp³-hybridized carbons (Fsp3) is 0.273. The quantitative estimate of drug-likeness (QED) is 0.802. The number of hydrogen-bond acceptors (Lipinski definition) is 4. The van der Waals surface area contributed by atoms with Crippen LogP contribution in [0.25, 0.3) is 11.3 Å². The van der Waals surface area contributed by atoms with E-state index in [4.69, 9.17) is 5.73 Å². The van der Waals surface area contributed by atoms with Gasteiger partial charge < -0.3 is 5.73 Å². The Morgan fingerprint density at radius 1 is 1.13 bits per heavy atom. The molecule has 15 heavy (non-hydrogen) atoms. The Kier molecular flexibility index (Phi) is 2.44. The molecule has 0 aliphatic heterocycles. The summed E-state index contributed by atoms with van der Waals surface area (Å²) in [5.41, 5.74) is 9.60. The van der Waals surface area contributed by atoms with Crippen molar-refractivity contribution in [3.05, 3.63) is 27.7 Å². The zero-order chi connectivity index (χ0) is 11.0. The van der Waals surface area contributed by atoms with E-state index in [1.165, 1.54) is 4.88 Å². The Balaban J connectivity index is 2.64. The van der Waals surface area contributed by atoms with Gasteiger partial charge in [-0.15, -0.1) is 11.3 Å². The molecule has 0 amide bonds. The zero-order valence-corrected chi connectivity index (χ0v) is 9.85. The molecule has 2 aromatic rings. The van der Waals surface area contributed by atoms with Crippen molar-refractivity contribution in [1.29, 1.82) is 0 Å². The smallest absolute Gasteiger partial charge is 0.150 e. The predicted molar refractivity (Wildman–Crippen MR) is 64.0 cm³/mol. The highest BCUT2D eigenvalue weighted by Crippen LogP contribution is 2.29. The van der Waals surface area contributed by atoms with E-state index < -0.39 is 0 Å². The summed E-state index contributed by atoms with van der Waals surface area (Å²) in [6, 6.07) is 2.04. The van der Waals surface area contributed by atoms with Crippen molar-refractivity contribution in [1.82, 2.24) is 9.97 Å². The average Bonchev–Trinajstić information content (AvgIpc) is 2.58. The first-order valence-electron chi connectivity index (χ1n) is 4.74. The van der Waals surface area contributed by atoms with Crippen molar-refractivity contribution in [3.63, 3.8) is 0 Å². The van der Waals surface area contributed by atoms with Gasteiger partial charge in [-0.05, 0) is 32.2 Å². The molecule has 0 atom stereocenters. The van der Waals surface area contributed by atoms with Gasteiger partial charge in [0.15, 0.2) is 0 Å². The van der Waals surface area contributed by atoms with Gasteiger partial charge in [0.2, 0.25) is 0 Å². The highest BCUT2D eigenvalue weighted by Gasteiger charge is 2.11. The van der Waals surface area contributed by atoms with Gasteiger partial charge in [0, 0.05) is 10.4 Å². The van der Waals surface area contributed by atoms with Crippen LogP contribution in [0.1, 0.15) is 16.3 Å². The third-order valence-electron chi connectivity index (χ3n) is 2.45. The van der Waals surface area contributed by atoms with Crippen molar-refractivity contribution in [2.45, 2.75) is 20.8 Å². The van der Waals surface area contributed by atoms with Crippen LogP contribution in [-0.2, 0) is 0 Å². The second kappa shape index (κ2) is 3.62. The molecule has 0 aromatic carbocycles. The summed E-state index contributed by atoms with van der Waals surface area (Å²) in [7, 11) is 0. The SMILES string of the molecule is Cc1nc(N)c(-c2ccsc2C)nc1C. The molecule has 0 radical (unpaired) electrons. The van der Waals surface area contributed by atoms with Crippen molar-refractivity contribution >= 4 is 17.2 Å². The van der Waals surface area contributed by atoms with E-state index in [1.807, 2.05) is 25.3 Å². The number of aromatic nitrogens is 2. The maximum Gasteiger partial charge on any atom is 0.150 e. The number of thiophene rings is 1. The molecule has 0 unspecified atom stereocenters. The molecular formula is C11H13N3S. The van der Waals surface area contributed by atoms with Crippen molar-refractivity contribution in [3.8, 4) is 11.3 Å². The fourth-order valence-corrected chi connectivity index (χ4v) is 2.15. The van der Waals surface area contributed by atoms with Gasteiger partial charge in [-0.1, -0.05) is 0 Å². The van der Waals surface area contributed by atoms with Gasteiger partial charge in [-0.25, -0.2) is 9.97 Å². The molecule has 2 rings (SSSR count). The minimum atomic E-state index is 0.514. The number of aryl methyl sites for hydroxylation is 3. The number of nitrogens with two attached hydrogens (primary N) is 1. The van der Waals surface area contributed by atoms with Crippen LogP contribution in [0, 0.1) is 20.8 Å². The van der Waals surface area contributed by atoms with Gasteiger partial charge >= 0.3 is 0 Å². The molecule has 78 valence electrons. The summed E-state index contributed by atoms with van der Waals surface area (Å²) in [4.78, 5) is 10.0. The first kappa shape index (κ1) is 10.1. The van der Waals surface area contributed by atoms with E-state index in [0.29, 0.717) is 5.82 Å². The van der Waals surface area contributed by atoms with Gasteiger partial charge in [0.1, 0.15) is 11.5 Å². The third-order valence-corrected chi connectivity index (χ3v) is 3.29. The lowest BCUT2D eigenvalue weighted by Gasteiger charge is -2.06. The molecule has 2 aromatic heterocycles. The van der Waals surface area contributed by atoms with E-state index in [-0.39, 0.29) is 0 Å². The minimum absolute atomic E-state index is 0.514. The molecule has 4 heteroatoms. The summed E-state index contributed by atoms with van der Waals surface area (Å²) in [6.45, 7) is 5.94. The molecule has 2 heterocycles. The monoisotopic (exact) mass is 219 g/mol. The predicted octanol–water partition coefficient (Wildman–Crippen LogP) is 2.71. The van der Waals surface area contributed by atoms with E-state index in [1.54, 1.807) is 11.3 Å². The Labute approximate surface area is 93.0 Å². The number of nitrogen functional groups attached to an aromatic ring is 1. The van der Waals surface area contributed by atoms with Crippen LogP contribution in [0.3, 0.4) is 0 Å². The first-order valence-corrected chi connectivity index (χ1v) is 5.62. The third kappa shape index (κ3) is 1.72. The second-order valence-electron chi connectivity index (χ2n) is 3.52. The zero-order valence-electron chi connectivity index (χ0n) is 9.03. The molecular weight excluding hydrogens is 206 g/mol. The van der Waals surface area contributed by atoms with Gasteiger partial charge in [0.25, 0.3) is 0 Å². The van der Waals surface area contributed by atoms with Gasteiger partial charge in [-0.3, -0.25) is 0 Å². The van der Waals surface area contributed by atoms with E-state index in [0.717, 1.165) is 22.6 Å². The number of hydrogen-bond donors (Lipinski definition) is 1. The summed E-state index contributed by atoms with van der Waals surface area (Å²) in [5, 5.41) is 2.04. The summed E-state index contributed by atoms with van der Waals surface area (Å²) in [5.74, 6) is 0.514. The molecule has 0 saturated carbocycles. The largest absolute Gasteiger partial charge is 0.382 e. The van der Waals surface area contributed by atoms with Crippen LogP contribution >= 0.6 is 11.3 Å². The molecule has 0 aliphatic rings. The van der Waals surface area contributed by atoms with Crippen LogP contribution in [-0.4, -0.2) is 9.97 Å². The van der Waals surface area contributed by atoms with E-state index in [2.05, 4.69) is 16.9 Å². The molecule has 3 nitrogen and oxygen atoms in total. The first-order chi connectivity index (χ1) is 7.09. The maximum absolute atomic E-state index is 5.88. The molecule has 0 spiro atoms. The van der Waals surface area contributed by atoms with Crippen LogP contribution < -0.4 is 5.73 Å². The minimum Gasteiger partial charge on any atom is -0.382 e. The molecule has 0 saturated heterocycles. The van der Waals surface area contributed by atoms with Crippen LogP contribution in [0.2, 0.25) is 0 Å². The van der Waals surface area contributed by atoms with E-state index >= 15 is 0 Å². The molecule has 0 aliphatic carbocycles.